The van der Waals surface area contributed by atoms with Crippen molar-refractivity contribution in [2.45, 2.75) is 31.5 Å². The Morgan fingerprint density at radius 1 is 1.00 bits per heavy atom. The first-order chi connectivity index (χ1) is 14.2. The van der Waals surface area contributed by atoms with E-state index in [2.05, 4.69) is 16.0 Å². The Morgan fingerprint density at radius 2 is 1.63 bits per heavy atom. The van der Waals surface area contributed by atoms with Crippen molar-refractivity contribution in [3.8, 4) is 0 Å². The first-order valence-corrected chi connectivity index (χ1v) is 9.62. The number of carbonyl (C=O) groups excluding carboxylic acids is 2. The molecule has 2 aromatic carbocycles. The molecule has 0 aromatic heterocycles. The van der Waals surface area contributed by atoms with Crippen LogP contribution < -0.4 is 16.0 Å². The topological polar surface area (TPSA) is 70.2 Å². The molecule has 5 nitrogen and oxygen atoms in total. The second-order valence-corrected chi connectivity index (χ2v) is 7.27. The summed E-state index contributed by atoms with van der Waals surface area (Å²) in [6.07, 6.45) is 1.64. The van der Waals surface area contributed by atoms with Crippen molar-refractivity contribution in [3.63, 3.8) is 0 Å². The largest absolute Gasteiger partial charge is 0.417 e. The highest BCUT2D eigenvalue weighted by atomic mass is 35.5. The smallest absolute Gasteiger partial charge is 0.350 e. The van der Waals surface area contributed by atoms with E-state index < -0.39 is 22.8 Å². The summed E-state index contributed by atoms with van der Waals surface area (Å²) in [7, 11) is 0. The second-order valence-electron chi connectivity index (χ2n) is 6.86. The summed E-state index contributed by atoms with van der Waals surface area (Å²) in [4.78, 5) is 23.8. The zero-order valence-electron chi connectivity index (χ0n) is 15.7. The molecule has 2 aromatic rings. The zero-order valence-corrected chi connectivity index (χ0v) is 16.5. The molecule has 0 heterocycles. The number of rotatable bonds is 5. The minimum atomic E-state index is -4.62. The highest BCUT2D eigenvalue weighted by molar-refractivity contribution is 6.31. The summed E-state index contributed by atoms with van der Waals surface area (Å²) in [5, 5.41) is 7.32. The van der Waals surface area contributed by atoms with Crippen molar-refractivity contribution in [1.29, 1.82) is 0 Å². The number of alkyl halides is 3. The van der Waals surface area contributed by atoms with E-state index in [-0.39, 0.29) is 17.6 Å². The van der Waals surface area contributed by atoms with Gasteiger partial charge in [0.15, 0.2) is 0 Å². The maximum atomic E-state index is 12.9. The minimum absolute atomic E-state index is 0.0405. The van der Waals surface area contributed by atoms with Gasteiger partial charge in [0.2, 0.25) is 5.91 Å². The number of urea groups is 1. The molecule has 1 aliphatic carbocycles. The van der Waals surface area contributed by atoms with E-state index >= 15 is 0 Å². The van der Waals surface area contributed by atoms with Crippen molar-refractivity contribution in [2.24, 2.45) is 0 Å². The molecule has 0 saturated heterocycles. The summed E-state index contributed by atoms with van der Waals surface area (Å²) >= 11 is 5.56. The van der Waals surface area contributed by atoms with Crippen molar-refractivity contribution >= 4 is 41.0 Å². The van der Waals surface area contributed by atoms with Gasteiger partial charge in [0, 0.05) is 23.5 Å². The third-order valence-electron chi connectivity index (χ3n) is 4.58. The maximum Gasteiger partial charge on any atom is 0.417 e. The van der Waals surface area contributed by atoms with Crippen LogP contribution in [0, 0.1) is 0 Å². The van der Waals surface area contributed by atoms with Gasteiger partial charge in [0.1, 0.15) is 0 Å². The van der Waals surface area contributed by atoms with Crippen molar-refractivity contribution in [1.82, 2.24) is 5.32 Å². The van der Waals surface area contributed by atoms with Crippen LogP contribution in [0.4, 0.5) is 29.3 Å². The molecule has 0 bridgehead atoms. The molecular weight excluding hydrogens is 419 g/mol. The van der Waals surface area contributed by atoms with Gasteiger partial charge < -0.3 is 16.0 Å². The summed E-state index contributed by atoms with van der Waals surface area (Å²) < 4.78 is 38.7. The quantitative estimate of drug-likeness (QED) is 0.526. The van der Waals surface area contributed by atoms with Gasteiger partial charge >= 0.3 is 12.2 Å². The maximum absolute atomic E-state index is 12.9. The molecule has 1 fully saturated rings. The molecule has 1 aliphatic rings. The highest BCUT2D eigenvalue weighted by Gasteiger charge is 2.33. The number of benzene rings is 2. The average molecular weight is 438 g/mol. The van der Waals surface area contributed by atoms with Gasteiger partial charge in [-0.2, -0.15) is 13.2 Å². The minimum Gasteiger partial charge on any atom is -0.350 e. The molecular formula is C21H19ClF3N3O2. The number of hydrogen-bond donors (Lipinski definition) is 3. The van der Waals surface area contributed by atoms with E-state index in [1.807, 2.05) is 0 Å². The summed E-state index contributed by atoms with van der Waals surface area (Å²) in [6, 6.07) is 9.32. The normalized spacial score (nSPS) is 14.3. The number of nitrogens with one attached hydrogen (secondary N) is 3. The Labute approximate surface area is 176 Å². The first-order valence-electron chi connectivity index (χ1n) is 9.24. The van der Waals surface area contributed by atoms with Gasteiger partial charge in [-0.25, -0.2) is 4.79 Å². The van der Waals surface area contributed by atoms with Crippen LogP contribution in [0.1, 0.15) is 30.4 Å². The lowest BCUT2D eigenvalue weighted by Crippen LogP contribution is -2.38. The van der Waals surface area contributed by atoms with E-state index in [0.717, 1.165) is 37.0 Å². The summed E-state index contributed by atoms with van der Waals surface area (Å²) in [6.45, 7) is 0. The molecule has 0 radical (unpaired) electrons. The summed E-state index contributed by atoms with van der Waals surface area (Å²) in [5.41, 5.74) is 0.131. The third-order valence-corrected chi connectivity index (χ3v) is 4.91. The van der Waals surface area contributed by atoms with Crippen LogP contribution in [-0.4, -0.2) is 18.0 Å². The molecule has 3 rings (SSSR count). The van der Waals surface area contributed by atoms with Gasteiger partial charge in [-0.1, -0.05) is 23.7 Å². The second kappa shape index (κ2) is 9.21. The van der Waals surface area contributed by atoms with Crippen LogP contribution in [0.2, 0.25) is 5.02 Å². The number of amides is 3. The molecule has 0 aliphatic heterocycles. The van der Waals surface area contributed by atoms with Crippen LogP contribution in [0.25, 0.3) is 6.08 Å². The Morgan fingerprint density at radius 3 is 2.23 bits per heavy atom. The molecule has 0 spiro atoms. The Kier molecular flexibility index (Phi) is 6.66. The van der Waals surface area contributed by atoms with Gasteiger partial charge in [-0.05, 0) is 61.2 Å². The lowest BCUT2D eigenvalue weighted by Gasteiger charge is -2.25. The van der Waals surface area contributed by atoms with E-state index in [4.69, 9.17) is 11.6 Å². The van der Waals surface area contributed by atoms with Crippen molar-refractivity contribution in [3.05, 3.63) is 64.7 Å². The number of carbonyl (C=O) groups is 2. The molecule has 30 heavy (non-hydrogen) atoms. The van der Waals surface area contributed by atoms with Crippen LogP contribution in [0.15, 0.2) is 48.5 Å². The monoisotopic (exact) mass is 437 g/mol. The molecule has 0 unspecified atom stereocenters. The van der Waals surface area contributed by atoms with Crippen molar-refractivity contribution in [2.75, 3.05) is 10.6 Å². The van der Waals surface area contributed by atoms with Gasteiger partial charge in [0.25, 0.3) is 0 Å². The Balaban J connectivity index is 1.55. The van der Waals surface area contributed by atoms with Gasteiger partial charge in [-0.15, -0.1) is 0 Å². The fraction of sp³-hybridized carbons (Fsp3) is 0.238. The van der Waals surface area contributed by atoms with Crippen LogP contribution in [-0.2, 0) is 11.0 Å². The van der Waals surface area contributed by atoms with E-state index in [1.54, 1.807) is 30.3 Å². The van der Waals surface area contributed by atoms with E-state index in [9.17, 15) is 22.8 Å². The predicted octanol–water partition coefficient (Wildman–Crippen LogP) is 5.68. The molecule has 3 amide bonds. The Bertz CT molecular complexity index is 955. The fourth-order valence-corrected chi connectivity index (χ4v) is 2.99. The fourth-order valence-electron chi connectivity index (χ4n) is 2.77. The SMILES string of the molecule is O=C(/C=C/c1ccc(NC(=O)Nc2ccc(Cl)c(C(F)(F)F)c2)cc1)NC1CCC1. The molecule has 1 saturated carbocycles. The Hall–Kier alpha value is -3.00. The molecule has 3 N–H and O–H groups in total. The number of hydrogen-bond acceptors (Lipinski definition) is 2. The van der Waals surface area contributed by atoms with E-state index in [1.165, 1.54) is 12.1 Å². The predicted molar refractivity (Wildman–Crippen MR) is 110 cm³/mol. The molecule has 9 heteroatoms. The van der Waals surface area contributed by atoms with Gasteiger partial charge in [0.05, 0.1) is 10.6 Å². The lowest BCUT2D eigenvalue weighted by molar-refractivity contribution is -0.137. The van der Waals surface area contributed by atoms with Crippen LogP contribution in [0.3, 0.4) is 0 Å². The highest BCUT2D eigenvalue weighted by Crippen LogP contribution is 2.36. The van der Waals surface area contributed by atoms with Gasteiger partial charge in [-0.3, -0.25) is 4.79 Å². The van der Waals surface area contributed by atoms with Crippen molar-refractivity contribution < 1.29 is 22.8 Å². The van der Waals surface area contributed by atoms with E-state index in [0.29, 0.717) is 5.69 Å². The third kappa shape index (κ3) is 6.00. The molecule has 0 atom stereocenters. The standard InChI is InChI=1S/C21H19ClF3N3O2/c22-18-10-9-16(12-17(18)21(23,24)25)28-20(30)27-15-7-4-13(5-8-15)6-11-19(29)26-14-2-1-3-14/h4-12,14H,1-3H2,(H,26,29)(H2,27,28,30)/b11-6+. The average Bonchev–Trinajstić information content (AvgIpc) is 2.65. The first kappa shape index (κ1) is 21.7. The zero-order chi connectivity index (χ0) is 21.7. The summed E-state index contributed by atoms with van der Waals surface area (Å²) in [5.74, 6) is -0.150. The van der Waals surface area contributed by atoms with Crippen LogP contribution >= 0.6 is 11.6 Å². The number of halogens is 4. The number of anilines is 2. The lowest BCUT2D eigenvalue weighted by atomic mass is 9.93. The molecule has 158 valence electrons. The van der Waals surface area contributed by atoms with Crippen LogP contribution in [0.5, 0.6) is 0 Å².